The molecule has 27 heavy (non-hydrogen) atoms. The number of benzene rings is 1. The summed E-state index contributed by atoms with van der Waals surface area (Å²) in [6.07, 6.45) is 5.85. The highest BCUT2D eigenvalue weighted by molar-refractivity contribution is 5.51. The molecule has 1 saturated heterocycles. The highest BCUT2D eigenvalue weighted by atomic mass is 16.5. The van der Waals surface area contributed by atoms with Crippen molar-refractivity contribution >= 4 is 0 Å². The molecule has 1 aromatic heterocycles. The Labute approximate surface area is 159 Å². The first-order valence-corrected chi connectivity index (χ1v) is 10.0. The van der Waals surface area contributed by atoms with E-state index in [1.165, 1.54) is 31.4 Å². The van der Waals surface area contributed by atoms with Gasteiger partial charge in [-0.15, -0.1) is 0 Å². The molecule has 0 bridgehead atoms. The Bertz CT molecular complexity index is 903. The number of hydrogen-bond donors (Lipinski definition) is 0. The van der Waals surface area contributed by atoms with E-state index in [1.807, 2.05) is 26.0 Å². The van der Waals surface area contributed by atoms with Gasteiger partial charge in [-0.3, -0.25) is 4.68 Å². The minimum absolute atomic E-state index is 0.333. The highest BCUT2D eigenvalue weighted by Gasteiger charge is 2.40. The summed E-state index contributed by atoms with van der Waals surface area (Å²) in [4.78, 5) is 0. The minimum atomic E-state index is 0.333. The zero-order chi connectivity index (χ0) is 18.5. The molecule has 0 radical (unpaired) electrons. The van der Waals surface area contributed by atoms with Crippen LogP contribution in [0, 0.1) is 25.2 Å². The van der Waals surface area contributed by atoms with E-state index in [1.54, 1.807) is 0 Å². The van der Waals surface area contributed by atoms with Crippen LogP contribution in [0.25, 0.3) is 0 Å². The molecule has 0 spiro atoms. The monoisotopic (exact) mass is 363 g/mol. The second-order valence-electron chi connectivity index (χ2n) is 8.26. The van der Waals surface area contributed by atoms with Gasteiger partial charge in [-0.05, 0) is 69.2 Å². The first-order chi connectivity index (χ1) is 13.2. The van der Waals surface area contributed by atoms with Gasteiger partial charge in [0.05, 0.1) is 30.0 Å². The number of nitriles is 1. The van der Waals surface area contributed by atoms with Gasteiger partial charge in [0.15, 0.2) is 5.75 Å². The van der Waals surface area contributed by atoms with Gasteiger partial charge in [-0.2, -0.15) is 10.4 Å². The SMILES string of the molecule is Cc1cc(Oc2c(C3CC3)nn(C3CCOC3)c2C2CC2)cc(C)c1C#N. The van der Waals surface area contributed by atoms with Crippen LogP contribution in [0.2, 0.25) is 0 Å². The Hall–Kier alpha value is -2.32. The van der Waals surface area contributed by atoms with E-state index in [0.717, 1.165) is 53.5 Å². The van der Waals surface area contributed by atoms with Gasteiger partial charge < -0.3 is 9.47 Å². The predicted octanol–water partition coefficient (Wildman–Crippen LogP) is 4.88. The molecule has 3 fully saturated rings. The van der Waals surface area contributed by atoms with E-state index in [2.05, 4.69) is 10.8 Å². The third kappa shape index (κ3) is 3.02. The Morgan fingerprint density at radius 2 is 1.81 bits per heavy atom. The lowest BCUT2D eigenvalue weighted by Crippen LogP contribution is -2.13. The van der Waals surface area contributed by atoms with E-state index < -0.39 is 0 Å². The molecule has 5 heteroatoms. The van der Waals surface area contributed by atoms with Crippen molar-refractivity contribution in [2.45, 2.75) is 63.8 Å². The lowest BCUT2D eigenvalue weighted by Gasteiger charge is -2.15. The number of nitrogens with zero attached hydrogens (tertiary/aromatic N) is 3. The Balaban J connectivity index is 1.58. The van der Waals surface area contributed by atoms with Crippen molar-refractivity contribution in [2.24, 2.45) is 0 Å². The molecular weight excluding hydrogens is 338 g/mol. The lowest BCUT2D eigenvalue weighted by atomic mass is 10.0. The number of aryl methyl sites for hydroxylation is 2. The van der Waals surface area contributed by atoms with Crippen molar-refractivity contribution in [3.8, 4) is 17.6 Å². The highest BCUT2D eigenvalue weighted by Crippen LogP contribution is 2.53. The Morgan fingerprint density at radius 1 is 1.11 bits per heavy atom. The smallest absolute Gasteiger partial charge is 0.172 e. The maximum Gasteiger partial charge on any atom is 0.172 e. The maximum atomic E-state index is 9.34. The molecule has 1 unspecified atom stereocenters. The fourth-order valence-corrected chi connectivity index (χ4v) is 4.18. The fraction of sp³-hybridized carbons (Fsp3) is 0.545. The summed E-state index contributed by atoms with van der Waals surface area (Å²) in [6.45, 7) is 5.51. The van der Waals surface area contributed by atoms with Crippen molar-refractivity contribution in [2.75, 3.05) is 13.2 Å². The standard InChI is InChI=1S/C22H25N3O2/c1-13-9-18(10-14(2)19(13)11-23)27-22-20(15-3-4-15)24-25(17-7-8-26-12-17)21(22)16-5-6-16/h9-10,15-17H,3-8,12H2,1-2H3. The predicted molar refractivity (Wildman–Crippen MR) is 101 cm³/mol. The third-order valence-corrected chi connectivity index (χ3v) is 5.95. The van der Waals surface area contributed by atoms with E-state index in [0.29, 0.717) is 17.9 Å². The van der Waals surface area contributed by atoms with Crippen LogP contribution in [0.3, 0.4) is 0 Å². The van der Waals surface area contributed by atoms with E-state index >= 15 is 0 Å². The van der Waals surface area contributed by atoms with E-state index in [4.69, 9.17) is 14.6 Å². The van der Waals surface area contributed by atoms with Crippen LogP contribution in [-0.2, 0) is 4.74 Å². The van der Waals surface area contributed by atoms with E-state index in [9.17, 15) is 5.26 Å². The Morgan fingerprint density at radius 3 is 2.37 bits per heavy atom. The average molecular weight is 363 g/mol. The van der Waals surface area contributed by atoms with Crippen molar-refractivity contribution in [3.05, 3.63) is 40.2 Å². The molecule has 5 rings (SSSR count). The summed E-state index contributed by atoms with van der Waals surface area (Å²) >= 11 is 0. The molecule has 140 valence electrons. The van der Waals surface area contributed by atoms with Crippen LogP contribution in [0.1, 0.15) is 78.1 Å². The van der Waals surface area contributed by atoms with Gasteiger partial charge in [0.2, 0.25) is 0 Å². The largest absolute Gasteiger partial charge is 0.453 e. The summed E-state index contributed by atoms with van der Waals surface area (Å²) < 4.78 is 14.4. The van der Waals surface area contributed by atoms with Gasteiger partial charge in [0, 0.05) is 18.4 Å². The van der Waals surface area contributed by atoms with Gasteiger partial charge >= 0.3 is 0 Å². The van der Waals surface area contributed by atoms with Crippen LogP contribution in [0.4, 0.5) is 0 Å². The van der Waals surface area contributed by atoms with Crippen molar-refractivity contribution in [1.29, 1.82) is 5.26 Å². The molecule has 2 aliphatic carbocycles. The topological polar surface area (TPSA) is 60.1 Å². The average Bonchev–Trinajstić information content (AvgIpc) is 3.56. The molecule has 5 nitrogen and oxygen atoms in total. The maximum absolute atomic E-state index is 9.34. The van der Waals surface area contributed by atoms with Gasteiger partial charge in [-0.1, -0.05) is 0 Å². The summed E-state index contributed by atoms with van der Waals surface area (Å²) in [7, 11) is 0. The lowest BCUT2D eigenvalue weighted by molar-refractivity contribution is 0.183. The third-order valence-electron chi connectivity index (χ3n) is 5.95. The molecule has 2 heterocycles. The van der Waals surface area contributed by atoms with Gasteiger partial charge in [0.1, 0.15) is 11.4 Å². The molecule has 2 aromatic rings. The molecule has 1 aromatic carbocycles. The first kappa shape index (κ1) is 16.8. The normalized spacial score (nSPS) is 22.0. The number of aromatic nitrogens is 2. The van der Waals surface area contributed by atoms with Crippen LogP contribution < -0.4 is 4.74 Å². The first-order valence-electron chi connectivity index (χ1n) is 10.0. The summed E-state index contributed by atoms with van der Waals surface area (Å²) in [5.74, 6) is 2.88. The van der Waals surface area contributed by atoms with Gasteiger partial charge in [0.25, 0.3) is 0 Å². The molecule has 2 saturated carbocycles. The minimum Gasteiger partial charge on any atom is -0.453 e. The second kappa shape index (κ2) is 6.38. The van der Waals surface area contributed by atoms with Crippen molar-refractivity contribution in [1.82, 2.24) is 9.78 Å². The van der Waals surface area contributed by atoms with Crippen molar-refractivity contribution < 1.29 is 9.47 Å². The summed E-state index contributed by atoms with van der Waals surface area (Å²) in [6, 6.07) is 6.58. The molecule has 1 aliphatic heterocycles. The molecule has 1 atom stereocenters. The fourth-order valence-electron chi connectivity index (χ4n) is 4.18. The molecule has 0 amide bonds. The summed E-state index contributed by atoms with van der Waals surface area (Å²) in [5, 5.41) is 14.4. The Kier molecular flexibility index (Phi) is 3.98. The van der Waals surface area contributed by atoms with Crippen LogP contribution in [-0.4, -0.2) is 23.0 Å². The zero-order valence-electron chi connectivity index (χ0n) is 16.0. The number of rotatable bonds is 5. The van der Waals surface area contributed by atoms with Crippen molar-refractivity contribution in [3.63, 3.8) is 0 Å². The number of ether oxygens (including phenoxy) is 2. The molecule has 0 N–H and O–H groups in total. The van der Waals surface area contributed by atoms with Crippen LogP contribution >= 0.6 is 0 Å². The quantitative estimate of drug-likeness (QED) is 0.759. The zero-order valence-corrected chi connectivity index (χ0v) is 16.0. The van der Waals surface area contributed by atoms with E-state index in [-0.39, 0.29) is 0 Å². The number of hydrogen-bond acceptors (Lipinski definition) is 4. The summed E-state index contributed by atoms with van der Waals surface area (Å²) in [5.41, 5.74) is 5.07. The molecular formula is C22H25N3O2. The molecule has 3 aliphatic rings. The van der Waals surface area contributed by atoms with Crippen LogP contribution in [0.15, 0.2) is 12.1 Å². The van der Waals surface area contributed by atoms with Gasteiger partial charge in [-0.25, -0.2) is 0 Å². The van der Waals surface area contributed by atoms with Crippen LogP contribution in [0.5, 0.6) is 11.5 Å². The second-order valence-corrected chi connectivity index (χ2v) is 8.26.